The lowest BCUT2D eigenvalue weighted by atomic mass is 10.1. The van der Waals surface area contributed by atoms with Crippen LogP contribution in [0.4, 0.5) is 11.4 Å². The van der Waals surface area contributed by atoms with Crippen LogP contribution in [0, 0.1) is 0 Å². The van der Waals surface area contributed by atoms with Crippen LogP contribution in [0.25, 0.3) is 0 Å². The minimum Gasteiger partial charge on any atom is -0.496 e. The quantitative estimate of drug-likeness (QED) is 0.833. The molecule has 0 saturated heterocycles. The van der Waals surface area contributed by atoms with Crippen LogP contribution < -0.4 is 15.4 Å². The van der Waals surface area contributed by atoms with Crippen LogP contribution in [0.2, 0.25) is 5.02 Å². The molecule has 0 unspecified atom stereocenters. The number of rotatable bonds is 3. The van der Waals surface area contributed by atoms with Gasteiger partial charge in [0.2, 0.25) is 0 Å². The minimum atomic E-state index is -0.225. The van der Waals surface area contributed by atoms with Gasteiger partial charge >= 0.3 is 0 Å². The van der Waals surface area contributed by atoms with Crippen LogP contribution in [0.15, 0.2) is 40.9 Å². The highest BCUT2D eigenvalue weighted by atomic mass is 79.9. The Hall–Kier alpha value is -1.72. The van der Waals surface area contributed by atoms with E-state index in [9.17, 15) is 4.79 Å². The van der Waals surface area contributed by atoms with Crippen LogP contribution in [0.1, 0.15) is 10.4 Å². The van der Waals surface area contributed by atoms with Gasteiger partial charge in [0.1, 0.15) is 5.75 Å². The Morgan fingerprint density at radius 1 is 1.29 bits per heavy atom. The number of methoxy groups -OCH3 is 1. The van der Waals surface area contributed by atoms with Gasteiger partial charge in [-0.25, -0.2) is 0 Å². The zero-order chi connectivity index (χ0) is 15.6. The fourth-order valence-electron chi connectivity index (χ4n) is 1.96. The number of benzene rings is 2. The molecule has 110 valence electrons. The molecule has 0 fully saturated rings. The molecule has 1 amide bonds. The summed E-state index contributed by atoms with van der Waals surface area (Å²) in [7, 11) is 3.16. The molecular formula is C15H14BrClN2O2. The zero-order valence-electron chi connectivity index (χ0n) is 11.6. The summed E-state index contributed by atoms with van der Waals surface area (Å²) in [5, 5.41) is 0.509. The Balaban J connectivity index is 2.39. The molecule has 2 rings (SSSR count). The maximum atomic E-state index is 12.6. The van der Waals surface area contributed by atoms with E-state index in [1.807, 2.05) is 6.07 Å². The first-order chi connectivity index (χ1) is 9.93. The summed E-state index contributed by atoms with van der Waals surface area (Å²) in [6.45, 7) is 0. The summed E-state index contributed by atoms with van der Waals surface area (Å²) in [5.41, 5.74) is 7.51. The number of anilines is 2. The number of ether oxygens (including phenoxy) is 1. The monoisotopic (exact) mass is 368 g/mol. The lowest BCUT2D eigenvalue weighted by Crippen LogP contribution is -2.27. The predicted octanol–water partition coefficient (Wildman–Crippen LogP) is 3.97. The number of nitrogens with two attached hydrogens (primary N) is 1. The number of halogens is 2. The van der Waals surface area contributed by atoms with E-state index < -0.39 is 0 Å². The van der Waals surface area contributed by atoms with Gasteiger partial charge in [-0.2, -0.15) is 0 Å². The largest absolute Gasteiger partial charge is 0.496 e. The Labute approximate surface area is 136 Å². The molecule has 2 N–H and O–H groups in total. The van der Waals surface area contributed by atoms with E-state index in [0.717, 1.165) is 4.47 Å². The van der Waals surface area contributed by atoms with E-state index in [-0.39, 0.29) is 5.91 Å². The third-order valence-electron chi connectivity index (χ3n) is 3.05. The van der Waals surface area contributed by atoms with Crippen LogP contribution >= 0.6 is 27.5 Å². The van der Waals surface area contributed by atoms with Crippen LogP contribution in [0.5, 0.6) is 5.75 Å². The maximum Gasteiger partial charge on any atom is 0.261 e. The second kappa shape index (κ2) is 6.37. The second-order valence-corrected chi connectivity index (χ2v) is 5.76. The van der Waals surface area contributed by atoms with Crippen molar-refractivity contribution < 1.29 is 9.53 Å². The molecule has 4 nitrogen and oxygen atoms in total. The summed E-state index contributed by atoms with van der Waals surface area (Å²) in [5.74, 6) is 0.201. The van der Waals surface area contributed by atoms with Crippen molar-refractivity contribution in [1.82, 2.24) is 0 Å². The van der Waals surface area contributed by atoms with Crippen molar-refractivity contribution >= 4 is 44.8 Å². The number of nitrogen functional groups attached to an aromatic ring is 1. The molecule has 2 aromatic rings. The predicted molar refractivity (Wildman–Crippen MR) is 89.3 cm³/mol. The van der Waals surface area contributed by atoms with Crippen molar-refractivity contribution in [3.05, 3.63) is 51.5 Å². The summed E-state index contributed by atoms with van der Waals surface area (Å²) in [4.78, 5) is 14.1. The number of hydrogen-bond acceptors (Lipinski definition) is 3. The van der Waals surface area contributed by atoms with Crippen molar-refractivity contribution in [2.24, 2.45) is 0 Å². The van der Waals surface area contributed by atoms with Gasteiger partial charge in [0.05, 0.1) is 24.0 Å². The van der Waals surface area contributed by atoms with Crippen molar-refractivity contribution in [3.63, 3.8) is 0 Å². The Kier molecular flexibility index (Phi) is 4.75. The fourth-order valence-corrected chi connectivity index (χ4v) is 2.50. The van der Waals surface area contributed by atoms with E-state index >= 15 is 0 Å². The lowest BCUT2D eigenvalue weighted by Gasteiger charge is -2.20. The number of carbonyl (C=O) groups is 1. The van der Waals surface area contributed by atoms with Gasteiger partial charge in [-0.3, -0.25) is 4.79 Å². The van der Waals surface area contributed by atoms with Gasteiger partial charge in [-0.15, -0.1) is 0 Å². The Bertz CT molecular complexity index is 691. The van der Waals surface area contributed by atoms with Gasteiger partial charge in [0, 0.05) is 16.5 Å². The first-order valence-electron chi connectivity index (χ1n) is 6.10. The van der Waals surface area contributed by atoms with E-state index in [0.29, 0.717) is 27.7 Å². The molecule has 2 aromatic carbocycles. The number of hydrogen-bond donors (Lipinski definition) is 1. The summed E-state index contributed by atoms with van der Waals surface area (Å²) in [6, 6.07) is 10.2. The molecule has 0 atom stereocenters. The topological polar surface area (TPSA) is 55.6 Å². The average Bonchev–Trinajstić information content (AvgIpc) is 2.45. The van der Waals surface area contributed by atoms with Crippen molar-refractivity contribution in [2.45, 2.75) is 0 Å². The molecular weight excluding hydrogens is 356 g/mol. The van der Waals surface area contributed by atoms with Gasteiger partial charge in [0.15, 0.2) is 0 Å². The molecule has 0 aliphatic carbocycles. The molecule has 0 spiro atoms. The summed E-state index contributed by atoms with van der Waals surface area (Å²) in [6.07, 6.45) is 0. The highest BCUT2D eigenvalue weighted by Gasteiger charge is 2.19. The number of amides is 1. The zero-order valence-corrected chi connectivity index (χ0v) is 13.9. The summed E-state index contributed by atoms with van der Waals surface area (Å²) >= 11 is 9.25. The highest BCUT2D eigenvalue weighted by molar-refractivity contribution is 9.10. The molecule has 0 heterocycles. The molecule has 6 heteroatoms. The smallest absolute Gasteiger partial charge is 0.261 e. The average molecular weight is 370 g/mol. The molecule has 0 aromatic heterocycles. The van der Waals surface area contributed by atoms with E-state index in [4.69, 9.17) is 22.1 Å². The van der Waals surface area contributed by atoms with E-state index in [1.54, 1.807) is 37.4 Å². The standard InChI is InChI=1S/C15H14BrClN2O2/c1-19(13-6-3-9(16)7-12(13)18)15(20)11-5-4-10(17)8-14(11)21-2/h3-8H,18H2,1-2H3. The maximum absolute atomic E-state index is 12.6. The van der Waals surface area contributed by atoms with Crippen LogP contribution in [-0.4, -0.2) is 20.1 Å². The molecule has 0 radical (unpaired) electrons. The van der Waals surface area contributed by atoms with Crippen molar-refractivity contribution in [3.8, 4) is 5.75 Å². The normalized spacial score (nSPS) is 10.3. The van der Waals surface area contributed by atoms with Crippen molar-refractivity contribution in [2.75, 3.05) is 24.8 Å². The molecule has 21 heavy (non-hydrogen) atoms. The Morgan fingerprint density at radius 3 is 2.62 bits per heavy atom. The molecule has 0 aliphatic rings. The molecule has 0 aliphatic heterocycles. The third kappa shape index (κ3) is 3.31. The van der Waals surface area contributed by atoms with Crippen LogP contribution in [0.3, 0.4) is 0 Å². The summed E-state index contributed by atoms with van der Waals surface area (Å²) < 4.78 is 6.07. The first kappa shape index (κ1) is 15.7. The van der Waals surface area contributed by atoms with Gasteiger partial charge in [0.25, 0.3) is 5.91 Å². The lowest BCUT2D eigenvalue weighted by molar-refractivity contribution is 0.0990. The SMILES string of the molecule is COc1cc(Cl)ccc1C(=O)N(C)c1ccc(Br)cc1N. The fraction of sp³-hybridized carbons (Fsp3) is 0.133. The van der Waals surface area contributed by atoms with Gasteiger partial charge in [-0.05, 0) is 36.4 Å². The van der Waals surface area contributed by atoms with Crippen molar-refractivity contribution in [1.29, 1.82) is 0 Å². The highest BCUT2D eigenvalue weighted by Crippen LogP contribution is 2.29. The minimum absolute atomic E-state index is 0.225. The van der Waals surface area contributed by atoms with Gasteiger partial charge in [-0.1, -0.05) is 27.5 Å². The Morgan fingerprint density at radius 2 is 2.00 bits per heavy atom. The van der Waals surface area contributed by atoms with E-state index in [2.05, 4.69) is 15.9 Å². The number of carbonyl (C=O) groups excluding carboxylic acids is 1. The third-order valence-corrected chi connectivity index (χ3v) is 3.78. The number of nitrogens with zero attached hydrogens (tertiary/aromatic N) is 1. The second-order valence-electron chi connectivity index (χ2n) is 4.41. The van der Waals surface area contributed by atoms with E-state index in [1.165, 1.54) is 12.0 Å². The van der Waals surface area contributed by atoms with Gasteiger partial charge < -0.3 is 15.4 Å². The van der Waals surface area contributed by atoms with Crippen LogP contribution in [-0.2, 0) is 0 Å². The molecule has 0 saturated carbocycles. The first-order valence-corrected chi connectivity index (χ1v) is 7.27. The molecule has 0 bridgehead atoms.